The molecule has 2 rings (SSSR count). The first-order valence-corrected chi connectivity index (χ1v) is 8.77. The molecule has 6 heteroatoms. The highest BCUT2D eigenvalue weighted by Gasteiger charge is 2.20. The summed E-state index contributed by atoms with van der Waals surface area (Å²) < 4.78 is 5.97. The lowest BCUT2D eigenvalue weighted by Gasteiger charge is -2.26. The number of fused-ring (bicyclic) bond motifs is 1. The van der Waals surface area contributed by atoms with Crippen molar-refractivity contribution < 1.29 is 9.57 Å². The maximum absolute atomic E-state index is 5.97. The number of ether oxygens (including phenoxy) is 1. The highest BCUT2D eigenvalue weighted by Crippen LogP contribution is 2.21. The fraction of sp³-hybridized carbons (Fsp3) is 0.350. The van der Waals surface area contributed by atoms with Gasteiger partial charge in [0.25, 0.3) is 0 Å². The lowest BCUT2D eigenvalue weighted by molar-refractivity contribution is 0.158. The largest absolute Gasteiger partial charge is 0.484 e. The molecule has 0 radical (unpaired) electrons. The van der Waals surface area contributed by atoms with Gasteiger partial charge in [0.2, 0.25) is 0 Å². The molecular formula is C20H23N3O2S. The second-order valence-electron chi connectivity index (χ2n) is 6.35. The Bertz CT molecular complexity index is 856. The van der Waals surface area contributed by atoms with Gasteiger partial charge in [0.05, 0.1) is 17.3 Å². The number of thiocarbonyl (C=S) groups is 1. The van der Waals surface area contributed by atoms with E-state index < -0.39 is 5.54 Å². The topological polar surface area (TPSA) is 55.7 Å². The molecule has 0 amide bonds. The van der Waals surface area contributed by atoms with Crippen molar-refractivity contribution in [2.24, 2.45) is 5.16 Å². The summed E-state index contributed by atoms with van der Waals surface area (Å²) in [6.45, 7) is 8.21. The summed E-state index contributed by atoms with van der Waals surface area (Å²) in [5.41, 5.74) is 1.15. The van der Waals surface area contributed by atoms with Crippen molar-refractivity contribution in [1.29, 1.82) is 0 Å². The summed E-state index contributed by atoms with van der Waals surface area (Å²) >= 11 is 5.46. The van der Waals surface area contributed by atoms with Gasteiger partial charge in [0.15, 0.2) is 0 Å². The lowest BCUT2D eigenvalue weighted by atomic mass is 10.1. The molecule has 0 bridgehead atoms. The third kappa shape index (κ3) is 5.43. The molecular weight excluding hydrogens is 346 g/mol. The number of aromatic nitrogens is 1. The predicted molar refractivity (Wildman–Crippen MR) is 110 cm³/mol. The van der Waals surface area contributed by atoms with Crippen molar-refractivity contribution in [1.82, 2.24) is 10.3 Å². The number of rotatable bonds is 7. The van der Waals surface area contributed by atoms with Gasteiger partial charge in [-0.2, -0.15) is 0 Å². The van der Waals surface area contributed by atoms with Crippen LogP contribution in [0.1, 0.15) is 33.3 Å². The molecule has 1 N–H and O–H groups in total. The fourth-order valence-electron chi connectivity index (χ4n) is 2.21. The molecule has 1 unspecified atom stereocenters. The van der Waals surface area contributed by atoms with Crippen LogP contribution in [0, 0.1) is 12.3 Å². The van der Waals surface area contributed by atoms with E-state index in [9.17, 15) is 0 Å². The second kappa shape index (κ2) is 8.63. The van der Waals surface area contributed by atoms with E-state index in [2.05, 4.69) is 21.4 Å². The van der Waals surface area contributed by atoms with Gasteiger partial charge < -0.3 is 14.9 Å². The smallest absolute Gasteiger partial charge is 0.146 e. The van der Waals surface area contributed by atoms with Crippen LogP contribution in [0.2, 0.25) is 0 Å². The van der Waals surface area contributed by atoms with Crippen molar-refractivity contribution in [2.75, 3.05) is 6.61 Å². The summed E-state index contributed by atoms with van der Waals surface area (Å²) in [6.07, 6.45) is 8.48. The van der Waals surface area contributed by atoms with Crippen molar-refractivity contribution in [3.63, 3.8) is 0 Å². The third-order valence-electron chi connectivity index (χ3n) is 3.53. The Morgan fingerprint density at radius 2 is 2.23 bits per heavy atom. The van der Waals surface area contributed by atoms with Crippen LogP contribution in [0.4, 0.5) is 0 Å². The van der Waals surface area contributed by atoms with Crippen LogP contribution in [0.15, 0.2) is 35.6 Å². The van der Waals surface area contributed by atoms with Crippen LogP contribution >= 0.6 is 12.2 Å². The Hall–Kier alpha value is -2.65. The molecule has 0 aliphatic rings. The van der Waals surface area contributed by atoms with Gasteiger partial charge in [-0.05, 0) is 52.0 Å². The normalized spacial score (nSPS) is 12.6. The minimum Gasteiger partial charge on any atom is -0.484 e. The molecule has 0 aliphatic carbocycles. The van der Waals surface area contributed by atoms with Crippen molar-refractivity contribution in [3.05, 3.63) is 36.0 Å². The van der Waals surface area contributed by atoms with Crippen LogP contribution in [-0.4, -0.2) is 34.4 Å². The maximum atomic E-state index is 5.97. The summed E-state index contributed by atoms with van der Waals surface area (Å²) in [6, 6.07) is 7.58. The molecule has 136 valence electrons. The van der Waals surface area contributed by atoms with Gasteiger partial charge >= 0.3 is 0 Å². The van der Waals surface area contributed by atoms with Crippen LogP contribution < -0.4 is 10.1 Å². The van der Waals surface area contributed by atoms with Crippen molar-refractivity contribution in [2.45, 2.75) is 39.3 Å². The Balaban J connectivity index is 2.06. The van der Waals surface area contributed by atoms with Gasteiger partial charge in [0.1, 0.15) is 23.4 Å². The number of terminal acetylenes is 1. The summed E-state index contributed by atoms with van der Waals surface area (Å²) in [7, 11) is 0. The highest BCUT2D eigenvalue weighted by molar-refractivity contribution is 7.80. The minimum absolute atomic E-state index is 0.314. The molecule has 26 heavy (non-hydrogen) atoms. The molecule has 0 aliphatic heterocycles. The Morgan fingerprint density at radius 1 is 1.46 bits per heavy atom. The standard InChI is InChI=1S/C20H23N3O2S/c1-6-15-10-16-11-17(8-9-18(16)21-12-15)25-14(3)19(26)23-20(4,5)13-22-24-7-2/h1,8-14H,7H2,2-5H3,(H,23,26). The van der Waals surface area contributed by atoms with E-state index >= 15 is 0 Å². The van der Waals surface area contributed by atoms with E-state index in [-0.39, 0.29) is 6.10 Å². The average Bonchev–Trinajstić information content (AvgIpc) is 2.60. The Morgan fingerprint density at radius 3 is 2.92 bits per heavy atom. The first kappa shape index (κ1) is 19.7. The fourth-order valence-corrected chi connectivity index (χ4v) is 2.53. The molecule has 0 saturated carbocycles. The summed E-state index contributed by atoms with van der Waals surface area (Å²) in [5, 5.41) is 8.05. The molecule has 1 heterocycles. The summed E-state index contributed by atoms with van der Waals surface area (Å²) in [5.74, 6) is 3.29. The quantitative estimate of drug-likeness (QED) is 0.349. The number of oxime groups is 1. The van der Waals surface area contributed by atoms with Crippen molar-refractivity contribution in [3.8, 4) is 18.1 Å². The van der Waals surface area contributed by atoms with Gasteiger partial charge in [0, 0.05) is 17.1 Å². The number of benzene rings is 1. The molecule has 0 fully saturated rings. The third-order valence-corrected chi connectivity index (χ3v) is 3.96. The van der Waals surface area contributed by atoms with Crippen LogP contribution in [0.25, 0.3) is 10.9 Å². The zero-order valence-electron chi connectivity index (χ0n) is 15.4. The van der Waals surface area contributed by atoms with E-state index in [4.69, 9.17) is 28.2 Å². The number of pyridine rings is 1. The van der Waals surface area contributed by atoms with Crippen LogP contribution in [0.5, 0.6) is 5.75 Å². The van der Waals surface area contributed by atoms with E-state index in [1.165, 1.54) is 0 Å². The first-order valence-electron chi connectivity index (χ1n) is 8.36. The zero-order valence-corrected chi connectivity index (χ0v) is 16.3. The van der Waals surface area contributed by atoms with Crippen LogP contribution in [0.3, 0.4) is 0 Å². The summed E-state index contributed by atoms with van der Waals surface area (Å²) in [4.78, 5) is 9.91. The molecule has 1 atom stereocenters. The van der Waals surface area contributed by atoms with Gasteiger partial charge in [-0.3, -0.25) is 4.98 Å². The molecule has 1 aromatic heterocycles. The average molecular weight is 369 g/mol. The number of nitrogens with one attached hydrogen (secondary N) is 1. The molecule has 0 spiro atoms. The first-order chi connectivity index (χ1) is 12.3. The van der Waals surface area contributed by atoms with Gasteiger partial charge in [-0.25, -0.2) is 0 Å². The van der Waals surface area contributed by atoms with Crippen molar-refractivity contribution >= 4 is 34.3 Å². The van der Waals surface area contributed by atoms with E-state index in [1.54, 1.807) is 12.4 Å². The maximum Gasteiger partial charge on any atom is 0.146 e. The monoisotopic (exact) mass is 369 g/mol. The van der Waals surface area contributed by atoms with Gasteiger partial charge in [-0.1, -0.05) is 23.3 Å². The number of hydrogen-bond acceptors (Lipinski definition) is 5. The van der Waals surface area contributed by atoms with Crippen LogP contribution in [-0.2, 0) is 4.84 Å². The number of hydrogen-bond donors (Lipinski definition) is 1. The molecule has 0 saturated heterocycles. The number of nitrogens with zero attached hydrogens (tertiary/aromatic N) is 2. The van der Waals surface area contributed by atoms with Gasteiger partial charge in [-0.15, -0.1) is 6.42 Å². The van der Waals surface area contributed by atoms with E-state index in [0.717, 1.165) is 16.5 Å². The second-order valence-corrected chi connectivity index (χ2v) is 6.79. The molecule has 2 aromatic rings. The molecule has 5 nitrogen and oxygen atoms in total. The minimum atomic E-state index is -0.446. The highest BCUT2D eigenvalue weighted by atomic mass is 32.1. The molecule has 1 aromatic carbocycles. The van der Waals surface area contributed by atoms with E-state index in [1.807, 2.05) is 52.0 Å². The Labute approximate surface area is 159 Å². The zero-order chi connectivity index (χ0) is 19.2. The Kier molecular flexibility index (Phi) is 6.53. The van der Waals surface area contributed by atoms with E-state index in [0.29, 0.717) is 17.3 Å². The SMILES string of the molecule is C#Cc1cnc2ccc(OC(C)C(=S)NC(C)(C)C=NOCC)cc2c1. The predicted octanol–water partition coefficient (Wildman–Crippen LogP) is 3.70. The lowest BCUT2D eigenvalue weighted by Crippen LogP contribution is -2.48.